The summed E-state index contributed by atoms with van der Waals surface area (Å²) in [4.78, 5) is 0. The highest BCUT2D eigenvalue weighted by atomic mass is 14.1. The summed E-state index contributed by atoms with van der Waals surface area (Å²) in [5.41, 5.74) is 0. The van der Waals surface area contributed by atoms with Crippen molar-refractivity contribution in [3.8, 4) is 0 Å². The average Bonchev–Trinajstić information content (AvgIpc) is 2.77. The fourth-order valence-corrected chi connectivity index (χ4v) is 4.75. The third-order valence-corrected chi connectivity index (χ3v) is 7.24. The lowest BCUT2D eigenvalue weighted by Crippen LogP contribution is -2.00. The topological polar surface area (TPSA) is 0 Å². The molecule has 30 heavy (non-hydrogen) atoms. The van der Waals surface area contributed by atoms with Crippen molar-refractivity contribution < 1.29 is 0 Å². The Kier molecular flexibility index (Phi) is 23.2. The van der Waals surface area contributed by atoms with Crippen LogP contribution >= 0.6 is 0 Å². The number of hydrogen-bond donors (Lipinski definition) is 0. The summed E-state index contributed by atoms with van der Waals surface area (Å²) in [6, 6.07) is 0. The number of hydrogen-bond acceptors (Lipinski definition) is 0. The molecule has 0 aromatic heterocycles. The van der Waals surface area contributed by atoms with Crippen molar-refractivity contribution in [3.63, 3.8) is 0 Å². The second-order valence-corrected chi connectivity index (χ2v) is 9.77. The van der Waals surface area contributed by atoms with Gasteiger partial charge in [-0.05, 0) is 43.4 Å². The van der Waals surface area contributed by atoms with Crippen molar-refractivity contribution in [2.75, 3.05) is 0 Å². The Morgan fingerprint density at radius 1 is 0.533 bits per heavy atom. The summed E-state index contributed by atoms with van der Waals surface area (Å²) >= 11 is 0. The molecule has 0 fully saturated rings. The third kappa shape index (κ3) is 18.5. The van der Waals surface area contributed by atoms with Crippen molar-refractivity contribution in [1.82, 2.24) is 0 Å². The summed E-state index contributed by atoms with van der Waals surface area (Å²) in [6.45, 7) is 15.0. The van der Waals surface area contributed by atoms with Gasteiger partial charge in [-0.1, -0.05) is 150 Å². The van der Waals surface area contributed by atoms with E-state index in [1.807, 2.05) is 0 Å². The van der Waals surface area contributed by atoms with E-state index in [0.29, 0.717) is 0 Å². The molecule has 2 radical (unpaired) electrons. The van der Waals surface area contributed by atoms with E-state index in [4.69, 9.17) is 0 Å². The molecule has 0 bridgehead atoms. The van der Waals surface area contributed by atoms with E-state index in [-0.39, 0.29) is 0 Å². The zero-order valence-electron chi connectivity index (χ0n) is 21.4. The van der Waals surface area contributed by atoms with Gasteiger partial charge in [0.15, 0.2) is 0 Å². The second kappa shape index (κ2) is 23.4. The van der Waals surface area contributed by atoms with Crippen LogP contribution in [0.5, 0.6) is 0 Å². The normalized spacial score (nSPS) is 15.0. The minimum absolute atomic E-state index is 0.812. The minimum atomic E-state index is 0.812. The predicted molar refractivity (Wildman–Crippen MR) is 140 cm³/mol. The van der Waals surface area contributed by atoms with Crippen molar-refractivity contribution in [2.45, 2.75) is 149 Å². The molecule has 0 aromatic rings. The molecule has 0 aliphatic carbocycles. The molecule has 0 aliphatic rings. The molecule has 0 saturated carbocycles. The molecule has 3 unspecified atom stereocenters. The predicted octanol–water partition coefficient (Wildman–Crippen LogP) is 10.9. The Morgan fingerprint density at radius 3 is 1.57 bits per heavy atom. The molecule has 178 valence electrons. The lowest BCUT2D eigenvalue weighted by atomic mass is 9.91. The first-order valence-electron chi connectivity index (χ1n) is 14.0. The van der Waals surface area contributed by atoms with E-state index in [1.54, 1.807) is 0 Å². The highest BCUT2D eigenvalue weighted by molar-refractivity contribution is 4.88. The van der Waals surface area contributed by atoms with Gasteiger partial charge in [0.2, 0.25) is 0 Å². The molecule has 0 N–H and O–H groups in total. The molecule has 0 aliphatic heterocycles. The fraction of sp³-hybridized carbons (Fsp3) is 0.867. The van der Waals surface area contributed by atoms with Crippen LogP contribution in [0.3, 0.4) is 0 Å². The molecule has 0 saturated heterocycles. The molecule has 0 rings (SSSR count). The standard InChI is InChI=1S/C30H58/c1-6-11-13-14-17-23-29(9-4)24-18-15-16-19-25-30(10-5)27-21-20-26-28(8-3)22-12-7-2/h21,27-30H,1-2,6-20,22-26H2,3-5H3. The van der Waals surface area contributed by atoms with Crippen LogP contribution in [0.25, 0.3) is 0 Å². The smallest absolute Gasteiger partial charge is 0.0236 e. The highest BCUT2D eigenvalue weighted by Gasteiger charge is 2.07. The maximum Gasteiger partial charge on any atom is -0.0236 e. The number of unbranched alkanes of at least 4 members (excludes halogenated alkanes) is 8. The van der Waals surface area contributed by atoms with E-state index < -0.39 is 0 Å². The van der Waals surface area contributed by atoms with Crippen LogP contribution in [0.4, 0.5) is 0 Å². The Balaban J connectivity index is 3.77. The molecule has 0 heteroatoms. The first kappa shape index (κ1) is 29.7. The van der Waals surface area contributed by atoms with Gasteiger partial charge in [-0.15, -0.1) is 0 Å². The summed E-state index contributed by atoms with van der Waals surface area (Å²) in [5.74, 6) is 2.71. The maximum absolute atomic E-state index is 3.99. The highest BCUT2D eigenvalue weighted by Crippen LogP contribution is 2.23. The van der Waals surface area contributed by atoms with Gasteiger partial charge in [0.25, 0.3) is 0 Å². The van der Waals surface area contributed by atoms with Crippen LogP contribution in [-0.2, 0) is 0 Å². The first-order valence-corrected chi connectivity index (χ1v) is 14.0. The van der Waals surface area contributed by atoms with Crippen LogP contribution in [0.15, 0.2) is 12.2 Å². The van der Waals surface area contributed by atoms with Crippen molar-refractivity contribution in [3.05, 3.63) is 26.0 Å². The van der Waals surface area contributed by atoms with E-state index in [1.165, 1.54) is 116 Å². The van der Waals surface area contributed by atoms with E-state index >= 15 is 0 Å². The second-order valence-electron chi connectivity index (χ2n) is 9.77. The van der Waals surface area contributed by atoms with Crippen LogP contribution in [0, 0.1) is 31.6 Å². The van der Waals surface area contributed by atoms with Crippen molar-refractivity contribution >= 4 is 0 Å². The van der Waals surface area contributed by atoms with Gasteiger partial charge < -0.3 is 0 Å². The quantitative estimate of drug-likeness (QED) is 0.114. The fourth-order valence-electron chi connectivity index (χ4n) is 4.75. The summed E-state index contributed by atoms with van der Waals surface area (Å²) < 4.78 is 0. The average molecular weight is 419 g/mol. The minimum Gasteiger partial charge on any atom is -0.0882 e. The zero-order chi connectivity index (χ0) is 22.3. The SMILES string of the molecule is [CH2]CCCCCCC(CC)CCCCCCC(C=CCCC(CC)CCC[CH2])CC. The Morgan fingerprint density at radius 2 is 1.03 bits per heavy atom. The summed E-state index contributed by atoms with van der Waals surface area (Å²) in [6.07, 6.45) is 32.3. The van der Waals surface area contributed by atoms with Crippen LogP contribution in [0.2, 0.25) is 0 Å². The van der Waals surface area contributed by atoms with Crippen LogP contribution in [-0.4, -0.2) is 0 Å². The molecule has 3 atom stereocenters. The number of allylic oxidation sites excluding steroid dienone is 2. The Hall–Kier alpha value is -0.260. The molecular formula is C30H58. The van der Waals surface area contributed by atoms with Gasteiger partial charge in [0.1, 0.15) is 0 Å². The van der Waals surface area contributed by atoms with Crippen molar-refractivity contribution in [2.24, 2.45) is 17.8 Å². The monoisotopic (exact) mass is 418 g/mol. The summed E-state index contributed by atoms with van der Waals surface area (Å²) in [5, 5.41) is 0. The maximum atomic E-state index is 3.99. The molecular weight excluding hydrogens is 360 g/mol. The number of rotatable bonds is 23. The van der Waals surface area contributed by atoms with Gasteiger partial charge in [-0.25, -0.2) is 0 Å². The van der Waals surface area contributed by atoms with Gasteiger partial charge in [0.05, 0.1) is 0 Å². The first-order chi connectivity index (χ1) is 14.7. The van der Waals surface area contributed by atoms with Gasteiger partial charge in [-0.2, -0.15) is 0 Å². The van der Waals surface area contributed by atoms with Gasteiger partial charge >= 0.3 is 0 Å². The van der Waals surface area contributed by atoms with E-state index in [9.17, 15) is 0 Å². The Labute approximate surface area is 193 Å². The van der Waals surface area contributed by atoms with E-state index in [0.717, 1.165) is 30.6 Å². The molecule has 0 nitrogen and oxygen atoms in total. The van der Waals surface area contributed by atoms with Gasteiger partial charge in [-0.3, -0.25) is 0 Å². The van der Waals surface area contributed by atoms with Crippen LogP contribution < -0.4 is 0 Å². The molecule has 0 amide bonds. The Bertz CT molecular complexity index is 342. The molecule has 0 spiro atoms. The molecule has 0 heterocycles. The third-order valence-electron chi connectivity index (χ3n) is 7.24. The van der Waals surface area contributed by atoms with E-state index in [2.05, 4.69) is 46.8 Å². The molecule has 0 aromatic carbocycles. The lowest BCUT2D eigenvalue weighted by Gasteiger charge is -2.15. The lowest BCUT2D eigenvalue weighted by molar-refractivity contribution is 0.391. The summed E-state index contributed by atoms with van der Waals surface area (Å²) in [7, 11) is 0. The zero-order valence-corrected chi connectivity index (χ0v) is 21.4. The largest absolute Gasteiger partial charge is 0.0882 e. The van der Waals surface area contributed by atoms with Gasteiger partial charge in [0, 0.05) is 0 Å². The van der Waals surface area contributed by atoms with Crippen molar-refractivity contribution in [1.29, 1.82) is 0 Å². The van der Waals surface area contributed by atoms with Crippen LogP contribution in [0.1, 0.15) is 149 Å².